The summed E-state index contributed by atoms with van der Waals surface area (Å²) in [6.07, 6.45) is 0.962. The lowest BCUT2D eigenvalue weighted by Gasteiger charge is -2.16. The van der Waals surface area contributed by atoms with E-state index in [2.05, 4.69) is 33.4 Å². The molecule has 0 spiro atoms. The number of ether oxygens (including phenoxy) is 2. The van der Waals surface area contributed by atoms with E-state index in [0.29, 0.717) is 13.2 Å². The highest BCUT2D eigenvalue weighted by molar-refractivity contribution is 9.10. The highest BCUT2D eigenvalue weighted by Crippen LogP contribution is 2.32. The van der Waals surface area contributed by atoms with Crippen molar-refractivity contribution in [1.29, 1.82) is 0 Å². The lowest BCUT2D eigenvalue weighted by molar-refractivity contribution is 0.128. The van der Waals surface area contributed by atoms with Gasteiger partial charge in [-0.15, -0.1) is 0 Å². The summed E-state index contributed by atoms with van der Waals surface area (Å²) in [5.74, 6) is 0.986. The van der Waals surface area contributed by atoms with Crippen LogP contribution in [0.1, 0.15) is 11.1 Å². The molecule has 1 aliphatic heterocycles. The Morgan fingerprint density at radius 3 is 3.11 bits per heavy atom. The quantitative estimate of drug-likeness (QED) is 0.835. The number of benzene rings is 1. The maximum atomic E-state index is 9.20. The molecule has 0 saturated heterocycles. The van der Waals surface area contributed by atoms with Crippen LogP contribution < -0.4 is 10.1 Å². The molecule has 2 N–H and O–H groups in total. The molecule has 1 aromatic carbocycles. The van der Waals surface area contributed by atoms with Crippen molar-refractivity contribution in [1.82, 2.24) is 5.32 Å². The van der Waals surface area contributed by atoms with Crippen molar-refractivity contribution in [2.24, 2.45) is 0 Å². The van der Waals surface area contributed by atoms with Gasteiger partial charge in [0.05, 0.1) is 25.9 Å². The van der Waals surface area contributed by atoms with Crippen LogP contribution in [-0.4, -0.2) is 38.1 Å². The summed E-state index contributed by atoms with van der Waals surface area (Å²) >= 11 is 3.51. The largest absolute Gasteiger partial charge is 0.493 e. The molecule has 4 nitrogen and oxygen atoms in total. The zero-order valence-electron chi connectivity index (χ0n) is 10.4. The molecule has 1 atom stereocenters. The maximum absolute atomic E-state index is 9.20. The van der Waals surface area contributed by atoms with Crippen LogP contribution in [0, 0.1) is 0 Å². The monoisotopic (exact) mass is 315 g/mol. The zero-order chi connectivity index (χ0) is 13.0. The van der Waals surface area contributed by atoms with E-state index in [4.69, 9.17) is 9.47 Å². The molecule has 2 rings (SSSR count). The van der Waals surface area contributed by atoms with Crippen LogP contribution in [0.5, 0.6) is 5.75 Å². The molecule has 1 heterocycles. The molecule has 18 heavy (non-hydrogen) atoms. The van der Waals surface area contributed by atoms with E-state index in [0.717, 1.165) is 28.8 Å². The van der Waals surface area contributed by atoms with Crippen molar-refractivity contribution in [3.8, 4) is 5.75 Å². The number of methoxy groups -OCH3 is 1. The van der Waals surface area contributed by atoms with Crippen LogP contribution in [0.2, 0.25) is 0 Å². The molecule has 0 saturated carbocycles. The number of aliphatic hydroxyl groups is 1. The van der Waals surface area contributed by atoms with Crippen molar-refractivity contribution in [2.75, 3.05) is 26.9 Å². The van der Waals surface area contributed by atoms with E-state index in [-0.39, 0.29) is 12.6 Å². The molecule has 0 aromatic heterocycles. The summed E-state index contributed by atoms with van der Waals surface area (Å²) in [5.41, 5.74) is 2.36. The summed E-state index contributed by atoms with van der Waals surface area (Å²) < 4.78 is 11.8. The lowest BCUT2D eigenvalue weighted by Crippen LogP contribution is -2.36. The molecule has 0 aliphatic carbocycles. The molecule has 0 fully saturated rings. The Labute approximate surface area is 115 Å². The third-order valence-electron chi connectivity index (χ3n) is 2.99. The first-order chi connectivity index (χ1) is 8.74. The van der Waals surface area contributed by atoms with Gasteiger partial charge in [0.2, 0.25) is 0 Å². The van der Waals surface area contributed by atoms with Gasteiger partial charge >= 0.3 is 0 Å². The van der Waals surface area contributed by atoms with Crippen LogP contribution in [0.15, 0.2) is 16.6 Å². The molecule has 1 aliphatic rings. The minimum absolute atomic E-state index is 0.0500. The molecule has 1 aromatic rings. The lowest BCUT2D eigenvalue weighted by atomic mass is 10.1. The molecule has 100 valence electrons. The molecular formula is C13H18BrNO3. The Balaban J connectivity index is 2.05. The van der Waals surface area contributed by atoms with Gasteiger partial charge in [-0.1, -0.05) is 15.9 Å². The number of hydrogen-bond acceptors (Lipinski definition) is 4. The fourth-order valence-corrected chi connectivity index (χ4v) is 2.66. The Kier molecular flexibility index (Phi) is 5.00. The van der Waals surface area contributed by atoms with E-state index in [1.807, 2.05) is 0 Å². The van der Waals surface area contributed by atoms with Gasteiger partial charge in [-0.3, -0.25) is 0 Å². The van der Waals surface area contributed by atoms with Gasteiger partial charge < -0.3 is 19.9 Å². The van der Waals surface area contributed by atoms with Gasteiger partial charge in [-0.25, -0.2) is 0 Å². The second-order valence-corrected chi connectivity index (χ2v) is 5.28. The first-order valence-electron chi connectivity index (χ1n) is 6.02. The number of rotatable bonds is 6. The SMILES string of the molecule is COCC(CO)NCc1cc(Br)cc2c1OCC2. The van der Waals surface area contributed by atoms with Gasteiger partial charge in [-0.2, -0.15) is 0 Å². The molecular weight excluding hydrogens is 298 g/mol. The predicted octanol–water partition coefficient (Wildman–Crippen LogP) is 1.48. The van der Waals surface area contributed by atoms with Crippen molar-refractivity contribution < 1.29 is 14.6 Å². The summed E-state index contributed by atoms with van der Waals surface area (Å²) in [6.45, 7) is 1.97. The molecule has 0 radical (unpaired) electrons. The standard InChI is InChI=1S/C13H18BrNO3/c1-17-8-12(7-16)15-6-10-5-11(14)4-9-2-3-18-13(9)10/h4-5,12,15-16H,2-3,6-8H2,1H3. The number of aliphatic hydroxyl groups excluding tert-OH is 1. The van der Waals surface area contributed by atoms with Crippen molar-refractivity contribution in [2.45, 2.75) is 19.0 Å². The Hall–Kier alpha value is -0.620. The van der Waals surface area contributed by atoms with E-state index < -0.39 is 0 Å². The molecule has 1 unspecified atom stereocenters. The number of hydrogen-bond donors (Lipinski definition) is 2. The third-order valence-corrected chi connectivity index (χ3v) is 3.45. The highest BCUT2D eigenvalue weighted by atomic mass is 79.9. The van der Waals surface area contributed by atoms with Gasteiger partial charge in [-0.05, 0) is 17.7 Å². The Bertz CT molecular complexity index is 411. The van der Waals surface area contributed by atoms with E-state index in [1.165, 1.54) is 5.56 Å². The van der Waals surface area contributed by atoms with Crippen LogP contribution in [0.3, 0.4) is 0 Å². The van der Waals surface area contributed by atoms with E-state index in [1.54, 1.807) is 7.11 Å². The van der Waals surface area contributed by atoms with Gasteiger partial charge in [0, 0.05) is 30.1 Å². The normalized spacial score (nSPS) is 15.3. The number of fused-ring (bicyclic) bond motifs is 1. The zero-order valence-corrected chi connectivity index (χ0v) is 12.0. The second kappa shape index (κ2) is 6.52. The van der Waals surface area contributed by atoms with Gasteiger partial charge in [0.15, 0.2) is 0 Å². The predicted molar refractivity (Wildman–Crippen MR) is 72.9 cm³/mol. The van der Waals surface area contributed by atoms with Crippen LogP contribution >= 0.6 is 15.9 Å². The smallest absolute Gasteiger partial charge is 0.127 e. The van der Waals surface area contributed by atoms with Crippen molar-refractivity contribution in [3.63, 3.8) is 0 Å². The van der Waals surface area contributed by atoms with Crippen molar-refractivity contribution in [3.05, 3.63) is 27.7 Å². The minimum atomic E-state index is -0.0500. The summed E-state index contributed by atoms with van der Waals surface area (Å²) in [4.78, 5) is 0. The van der Waals surface area contributed by atoms with Crippen LogP contribution in [0.4, 0.5) is 0 Å². The fourth-order valence-electron chi connectivity index (χ4n) is 2.11. The topological polar surface area (TPSA) is 50.7 Å². The average Bonchev–Trinajstić information content (AvgIpc) is 2.82. The Morgan fingerprint density at radius 1 is 1.56 bits per heavy atom. The van der Waals surface area contributed by atoms with Gasteiger partial charge in [0.25, 0.3) is 0 Å². The molecule has 0 amide bonds. The Morgan fingerprint density at radius 2 is 2.39 bits per heavy atom. The van der Waals surface area contributed by atoms with E-state index in [9.17, 15) is 5.11 Å². The number of halogens is 1. The third kappa shape index (κ3) is 3.23. The molecule has 5 heteroatoms. The van der Waals surface area contributed by atoms with Crippen molar-refractivity contribution >= 4 is 15.9 Å². The maximum Gasteiger partial charge on any atom is 0.127 e. The molecule has 0 bridgehead atoms. The van der Waals surface area contributed by atoms with E-state index >= 15 is 0 Å². The van der Waals surface area contributed by atoms with Gasteiger partial charge in [0.1, 0.15) is 5.75 Å². The average molecular weight is 316 g/mol. The summed E-state index contributed by atoms with van der Waals surface area (Å²) in [6, 6.07) is 4.11. The second-order valence-electron chi connectivity index (χ2n) is 4.37. The van der Waals surface area contributed by atoms with Crippen LogP contribution in [-0.2, 0) is 17.7 Å². The minimum Gasteiger partial charge on any atom is -0.493 e. The number of nitrogens with one attached hydrogen (secondary N) is 1. The first-order valence-corrected chi connectivity index (χ1v) is 6.81. The fraction of sp³-hybridized carbons (Fsp3) is 0.538. The summed E-state index contributed by atoms with van der Waals surface area (Å²) in [7, 11) is 1.63. The van der Waals surface area contributed by atoms with Crippen LogP contribution in [0.25, 0.3) is 0 Å². The highest BCUT2D eigenvalue weighted by Gasteiger charge is 2.18. The first kappa shape index (κ1) is 13.8. The summed E-state index contributed by atoms with van der Waals surface area (Å²) in [5, 5.41) is 12.5.